The third kappa shape index (κ3) is 12.4. The van der Waals surface area contributed by atoms with Crippen molar-refractivity contribution in [2.75, 3.05) is 19.8 Å². The minimum Gasteiger partial charge on any atom is -0.465 e. The zero-order valence-corrected chi connectivity index (χ0v) is 20.1. The Balaban J connectivity index is 2.64. The summed E-state index contributed by atoms with van der Waals surface area (Å²) in [5, 5.41) is 0. The van der Waals surface area contributed by atoms with E-state index in [1.807, 2.05) is 18.2 Å². The van der Waals surface area contributed by atoms with Crippen LogP contribution in [0.2, 0.25) is 0 Å². The van der Waals surface area contributed by atoms with Gasteiger partial charge in [0.05, 0.1) is 37.6 Å². The molecule has 6 nitrogen and oxygen atoms in total. The highest BCUT2D eigenvalue weighted by Crippen LogP contribution is 2.36. The second-order valence-electron chi connectivity index (χ2n) is 8.65. The molecule has 0 spiro atoms. The average molecular weight is 463 g/mol. The van der Waals surface area contributed by atoms with Crippen molar-refractivity contribution in [3.63, 3.8) is 0 Å². The van der Waals surface area contributed by atoms with E-state index in [0.29, 0.717) is 39.1 Å². The van der Waals surface area contributed by atoms with E-state index >= 15 is 0 Å². The van der Waals surface area contributed by atoms with Crippen molar-refractivity contribution in [1.29, 1.82) is 0 Å². The fourth-order valence-corrected chi connectivity index (χ4v) is 3.94. The van der Waals surface area contributed by atoms with Crippen molar-refractivity contribution in [2.24, 2.45) is 17.8 Å². The molecule has 0 amide bonds. The van der Waals surface area contributed by atoms with Gasteiger partial charge in [-0.15, -0.1) is 19.7 Å². The third-order valence-electron chi connectivity index (χ3n) is 5.85. The lowest BCUT2D eigenvalue weighted by atomic mass is 9.75. The van der Waals surface area contributed by atoms with Gasteiger partial charge in [0.1, 0.15) is 0 Å². The normalized spacial score (nSPS) is 19.8. The molecule has 0 bridgehead atoms. The molecule has 0 N–H and O–H groups in total. The number of unbranched alkanes of at least 4 members (excludes halogenated alkanes) is 6. The van der Waals surface area contributed by atoms with E-state index in [-0.39, 0.29) is 17.9 Å². The monoisotopic (exact) mass is 462 g/mol. The first-order valence-electron chi connectivity index (χ1n) is 12.4. The van der Waals surface area contributed by atoms with E-state index in [4.69, 9.17) is 14.2 Å². The van der Waals surface area contributed by atoms with Crippen molar-refractivity contribution in [1.82, 2.24) is 0 Å². The van der Waals surface area contributed by atoms with E-state index in [1.54, 1.807) is 0 Å². The van der Waals surface area contributed by atoms with Crippen molar-refractivity contribution in [3.05, 3.63) is 38.0 Å². The number of carbonyl (C=O) groups is 3. The van der Waals surface area contributed by atoms with Crippen LogP contribution in [0.1, 0.15) is 77.0 Å². The molecule has 0 heterocycles. The highest BCUT2D eigenvalue weighted by Gasteiger charge is 2.41. The largest absolute Gasteiger partial charge is 0.465 e. The Kier molecular flexibility index (Phi) is 15.7. The summed E-state index contributed by atoms with van der Waals surface area (Å²) in [5.41, 5.74) is 0. The topological polar surface area (TPSA) is 78.9 Å². The molecule has 1 aliphatic carbocycles. The predicted molar refractivity (Wildman–Crippen MR) is 129 cm³/mol. The number of hydrogen-bond acceptors (Lipinski definition) is 6. The standard InChI is InChI=1S/C27H42O6/c1-4-7-10-13-16-31-25(28)22-19-23(26(29)32-17-14-11-8-5-2)21-24(20-22)27(30)33-18-15-12-9-6-3/h4-6,22-24H,1-3,7-21H2. The number of allylic oxidation sites excluding steroid dienone is 3. The van der Waals surface area contributed by atoms with Crippen LogP contribution in [0.3, 0.4) is 0 Å². The van der Waals surface area contributed by atoms with Gasteiger partial charge in [0, 0.05) is 0 Å². The Morgan fingerprint density at radius 3 is 1.06 bits per heavy atom. The van der Waals surface area contributed by atoms with E-state index in [1.165, 1.54) is 0 Å². The van der Waals surface area contributed by atoms with Crippen LogP contribution in [0.25, 0.3) is 0 Å². The molecule has 0 aromatic heterocycles. The summed E-state index contributed by atoms with van der Waals surface area (Å²) in [4.78, 5) is 38.0. The number of esters is 3. The van der Waals surface area contributed by atoms with Crippen LogP contribution >= 0.6 is 0 Å². The Morgan fingerprint density at radius 1 is 0.545 bits per heavy atom. The van der Waals surface area contributed by atoms with Crippen molar-refractivity contribution >= 4 is 17.9 Å². The van der Waals surface area contributed by atoms with Gasteiger partial charge in [0.2, 0.25) is 0 Å². The first-order chi connectivity index (χ1) is 16.0. The van der Waals surface area contributed by atoms with Gasteiger partial charge in [-0.05, 0) is 77.0 Å². The maximum absolute atomic E-state index is 12.7. The molecule has 0 radical (unpaired) electrons. The molecule has 1 saturated carbocycles. The average Bonchev–Trinajstić information content (AvgIpc) is 2.83. The van der Waals surface area contributed by atoms with E-state index in [2.05, 4.69) is 19.7 Å². The molecular weight excluding hydrogens is 420 g/mol. The van der Waals surface area contributed by atoms with Crippen molar-refractivity contribution in [3.8, 4) is 0 Å². The van der Waals surface area contributed by atoms with E-state index in [9.17, 15) is 14.4 Å². The molecule has 0 unspecified atom stereocenters. The van der Waals surface area contributed by atoms with Gasteiger partial charge in [-0.2, -0.15) is 0 Å². The van der Waals surface area contributed by atoms with Crippen LogP contribution in [0.5, 0.6) is 0 Å². The summed E-state index contributed by atoms with van der Waals surface area (Å²) in [6.07, 6.45) is 14.2. The lowest BCUT2D eigenvalue weighted by Crippen LogP contribution is -2.37. The summed E-state index contributed by atoms with van der Waals surface area (Å²) >= 11 is 0. The van der Waals surface area contributed by atoms with Crippen LogP contribution in [-0.2, 0) is 28.6 Å². The second-order valence-corrected chi connectivity index (χ2v) is 8.65. The molecule has 0 saturated heterocycles. The van der Waals surface area contributed by atoms with Gasteiger partial charge < -0.3 is 14.2 Å². The van der Waals surface area contributed by atoms with Gasteiger partial charge in [0.25, 0.3) is 0 Å². The Bertz CT molecular complexity index is 535. The smallest absolute Gasteiger partial charge is 0.308 e. The summed E-state index contributed by atoms with van der Waals surface area (Å²) in [6.45, 7) is 12.1. The molecule has 0 aliphatic heterocycles. The van der Waals surface area contributed by atoms with Crippen LogP contribution in [-0.4, -0.2) is 37.7 Å². The molecular formula is C27H42O6. The molecule has 0 atom stereocenters. The van der Waals surface area contributed by atoms with Gasteiger partial charge in [0.15, 0.2) is 0 Å². The summed E-state index contributed by atoms with van der Waals surface area (Å²) in [7, 11) is 0. The summed E-state index contributed by atoms with van der Waals surface area (Å²) in [5.74, 6) is -2.55. The van der Waals surface area contributed by atoms with Crippen molar-refractivity contribution in [2.45, 2.75) is 77.0 Å². The van der Waals surface area contributed by atoms with Crippen LogP contribution in [0.15, 0.2) is 38.0 Å². The van der Waals surface area contributed by atoms with Crippen LogP contribution in [0.4, 0.5) is 0 Å². The fourth-order valence-electron chi connectivity index (χ4n) is 3.94. The lowest BCUT2D eigenvalue weighted by molar-refractivity contribution is -0.161. The van der Waals surface area contributed by atoms with Gasteiger partial charge in [-0.3, -0.25) is 14.4 Å². The molecule has 0 aromatic rings. The molecule has 6 heteroatoms. The van der Waals surface area contributed by atoms with Gasteiger partial charge in [-0.1, -0.05) is 18.2 Å². The molecule has 33 heavy (non-hydrogen) atoms. The highest BCUT2D eigenvalue weighted by molar-refractivity contribution is 5.80. The quantitative estimate of drug-likeness (QED) is 0.112. The van der Waals surface area contributed by atoms with Gasteiger partial charge >= 0.3 is 17.9 Å². The Morgan fingerprint density at radius 2 is 0.818 bits per heavy atom. The fraction of sp³-hybridized carbons (Fsp3) is 0.667. The van der Waals surface area contributed by atoms with E-state index in [0.717, 1.165) is 57.8 Å². The summed E-state index contributed by atoms with van der Waals surface area (Å²) < 4.78 is 16.3. The number of hydrogen-bond donors (Lipinski definition) is 0. The molecule has 1 fully saturated rings. The van der Waals surface area contributed by atoms with Crippen molar-refractivity contribution < 1.29 is 28.6 Å². The Labute approximate surface area is 199 Å². The maximum Gasteiger partial charge on any atom is 0.308 e. The lowest BCUT2D eigenvalue weighted by Gasteiger charge is -2.31. The first kappa shape index (κ1) is 28.7. The predicted octanol–water partition coefficient (Wildman–Crippen LogP) is 5.72. The second kappa shape index (κ2) is 18.1. The van der Waals surface area contributed by atoms with E-state index < -0.39 is 17.8 Å². The Hall–Kier alpha value is -2.37. The molecule has 1 aliphatic rings. The number of ether oxygens (including phenoxy) is 3. The first-order valence-corrected chi connectivity index (χ1v) is 12.4. The molecule has 1 rings (SSSR count). The third-order valence-corrected chi connectivity index (χ3v) is 5.85. The zero-order chi connectivity index (χ0) is 24.3. The zero-order valence-electron chi connectivity index (χ0n) is 20.1. The SMILES string of the molecule is C=CCCCCOC(=O)C1CC(C(=O)OCCCCC=C)CC(C(=O)OCCCCC=C)C1. The molecule has 186 valence electrons. The minimum absolute atomic E-state index is 0.333. The van der Waals surface area contributed by atoms with Gasteiger partial charge in [-0.25, -0.2) is 0 Å². The minimum atomic E-state index is -0.505. The number of rotatable bonds is 18. The maximum atomic E-state index is 12.7. The van der Waals surface area contributed by atoms with Crippen LogP contribution in [0, 0.1) is 17.8 Å². The highest BCUT2D eigenvalue weighted by atomic mass is 16.5. The molecule has 0 aromatic carbocycles. The van der Waals surface area contributed by atoms with Crippen LogP contribution < -0.4 is 0 Å². The number of carbonyl (C=O) groups excluding carboxylic acids is 3. The summed E-state index contributed by atoms with van der Waals surface area (Å²) in [6, 6.07) is 0.